The molecule has 0 aliphatic carbocycles. The van der Waals surface area contributed by atoms with Gasteiger partial charge in [-0.05, 0) is 24.8 Å². The van der Waals surface area contributed by atoms with Crippen molar-refractivity contribution in [1.29, 1.82) is 0 Å². The van der Waals surface area contributed by atoms with Crippen molar-refractivity contribution in [2.24, 2.45) is 5.41 Å². The smallest absolute Gasteiger partial charge is 0.273 e. The number of rotatable bonds is 4. The van der Waals surface area contributed by atoms with Crippen LogP contribution in [-0.4, -0.2) is 52.8 Å². The molecule has 2 fully saturated rings. The first kappa shape index (κ1) is 17.2. The van der Waals surface area contributed by atoms with Gasteiger partial charge in [0.1, 0.15) is 5.69 Å². The highest BCUT2D eigenvalue weighted by atomic mass is 32.1. The summed E-state index contributed by atoms with van der Waals surface area (Å²) < 4.78 is 0. The molecule has 2 saturated heterocycles. The zero-order chi connectivity index (χ0) is 18.0. The van der Waals surface area contributed by atoms with Crippen LogP contribution < -0.4 is 0 Å². The number of carbonyl (C=O) groups excluding carboxylic acids is 2. The van der Waals surface area contributed by atoms with Crippen LogP contribution in [0.4, 0.5) is 0 Å². The molecule has 0 atom stereocenters. The van der Waals surface area contributed by atoms with Crippen molar-refractivity contribution in [3.05, 3.63) is 52.5 Å². The van der Waals surface area contributed by atoms with Gasteiger partial charge in [0.25, 0.3) is 5.91 Å². The number of nitrogens with zero attached hydrogens (tertiary/aromatic N) is 3. The van der Waals surface area contributed by atoms with Crippen LogP contribution in [0.1, 0.15) is 35.3 Å². The second kappa shape index (κ2) is 7.19. The van der Waals surface area contributed by atoms with Crippen LogP contribution in [0.25, 0.3) is 0 Å². The molecule has 0 radical (unpaired) electrons. The average Bonchev–Trinajstić information content (AvgIpc) is 3.19. The SMILES string of the molecule is O=C(CCc1ccccc1)N1CCC2(CC1)CN(C(=O)c1cscn1)C2. The second-order valence-corrected chi connectivity index (χ2v) is 8.12. The molecule has 1 spiro atoms. The molecule has 2 amide bonds. The van der Waals surface area contributed by atoms with Crippen molar-refractivity contribution in [2.75, 3.05) is 26.2 Å². The number of hydrogen-bond acceptors (Lipinski definition) is 4. The molecule has 6 heteroatoms. The van der Waals surface area contributed by atoms with Crippen LogP contribution >= 0.6 is 11.3 Å². The second-order valence-electron chi connectivity index (χ2n) is 7.40. The van der Waals surface area contributed by atoms with Crippen molar-refractivity contribution < 1.29 is 9.59 Å². The minimum absolute atomic E-state index is 0.0400. The average molecular weight is 369 g/mol. The fourth-order valence-electron chi connectivity index (χ4n) is 3.99. The van der Waals surface area contributed by atoms with Crippen molar-refractivity contribution >= 4 is 23.2 Å². The lowest BCUT2D eigenvalue weighted by atomic mass is 9.72. The fourth-order valence-corrected chi connectivity index (χ4v) is 4.51. The largest absolute Gasteiger partial charge is 0.343 e. The first-order valence-corrected chi connectivity index (χ1v) is 10.1. The number of piperidine rings is 1. The lowest BCUT2D eigenvalue weighted by molar-refractivity contribution is -0.135. The topological polar surface area (TPSA) is 53.5 Å². The van der Waals surface area contributed by atoms with Crippen LogP contribution in [0.5, 0.6) is 0 Å². The van der Waals surface area contributed by atoms with E-state index in [1.165, 1.54) is 16.9 Å². The van der Waals surface area contributed by atoms with Crippen molar-refractivity contribution in [3.8, 4) is 0 Å². The van der Waals surface area contributed by atoms with Gasteiger partial charge >= 0.3 is 0 Å². The van der Waals surface area contributed by atoms with Crippen LogP contribution in [0.2, 0.25) is 0 Å². The maximum atomic E-state index is 12.5. The number of hydrogen-bond donors (Lipinski definition) is 0. The van der Waals surface area contributed by atoms with E-state index in [0.29, 0.717) is 12.1 Å². The summed E-state index contributed by atoms with van der Waals surface area (Å²) in [6, 6.07) is 10.2. The minimum atomic E-state index is 0.0400. The number of aromatic nitrogens is 1. The van der Waals surface area contributed by atoms with Crippen molar-refractivity contribution in [3.63, 3.8) is 0 Å². The van der Waals surface area contributed by atoms with Crippen LogP contribution in [0.15, 0.2) is 41.2 Å². The number of benzene rings is 1. The van der Waals surface area contributed by atoms with Crippen molar-refractivity contribution in [1.82, 2.24) is 14.8 Å². The van der Waals surface area contributed by atoms with Gasteiger partial charge in [0, 0.05) is 43.4 Å². The molecule has 136 valence electrons. The molecule has 2 aromatic rings. The normalized spacial score (nSPS) is 18.6. The molecule has 2 aliphatic heterocycles. The molecule has 1 aromatic heterocycles. The van der Waals surface area contributed by atoms with E-state index in [9.17, 15) is 9.59 Å². The summed E-state index contributed by atoms with van der Waals surface area (Å²) in [4.78, 5) is 32.8. The highest BCUT2D eigenvalue weighted by molar-refractivity contribution is 7.07. The highest BCUT2D eigenvalue weighted by Gasteiger charge is 2.47. The van der Waals surface area contributed by atoms with E-state index >= 15 is 0 Å². The molecule has 0 unspecified atom stereocenters. The van der Waals surface area contributed by atoms with E-state index in [1.807, 2.05) is 28.0 Å². The molecule has 26 heavy (non-hydrogen) atoms. The lowest BCUT2D eigenvalue weighted by Gasteiger charge is -2.53. The highest BCUT2D eigenvalue weighted by Crippen LogP contribution is 2.41. The molecule has 2 aliphatic rings. The van der Waals surface area contributed by atoms with Gasteiger partial charge in [-0.3, -0.25) is 9.59 Å². The Bertz CT molecular complexity index is 760. The third kappa shape index (κ3) is 3.51. The molecular formula is C20H23N3O2S. The Hall–Kier alpha value is -2.21. The van der Waals surface area contributed by atoms with E-state index in [0.717, 1.165) is 45.4 Å². The number of likely N-dealkylation sites (tertiary alicyclic amines) is 2. The number of carbonyl (C=O) groups is 2. The Morgan fingerprint density at radius 2 is 1.81 bits per heavy atom. The molecule has 4 rings (SSSR count). The molecule has 0 bridgehead atoms. The predicted molar refractivity (Wildman–Crippen MR) is 101 cm³/mol. The molecule has 0 N–H and O–H groups in total. The monoisotopic (exact) mass is 369 g/mol. The third-order valence-electron chi connectivity index (χ3n) is 5.64. The van der Waals surface area contributed by atoms with Gasteiger partial charge < -0.3 is 9.80 Å². The Balaban J connectivity index is 1.23. The molecular weight excluding hydrogens is 346 g/mol. The zero-order valence-corrected chi connectivity index (χ0v) is 15.6. The van der Waals surface area contributed by atoms with Gasteiger partial charge in [-0.25, -0.2) is 4.98 Å². The van der Waals surface area contributed by atoms with E-state index in [4.69, 9.17) is 0 Å². The summed E-state index contributed by atoms with van der Waals surface area (Å²) in [5.74, 6) is 0.289. The van der Waals surface area contributed by atoms with Crippen molar-refractivity contribution in [2.45, 2.75) is 25.7 Å². The zero-order valence-electron chi connectivity index (χ0n) is 14.8. The Morgan fingerprint density at radius 3 is 2.46 bits per heavy atom. The maximum Gasteiger partial charge on any atom is 0.273 e. The van der Waals surface area contributed by atoms with E-state index in [2.05, 4.69) is 17.1 Å². The molecule has 1 aromatic carbocycles. The molecule has 3 heterocycles. The van der Waals surface area contributed by atoms with Crippen LogP contribution in [0, 0.1) is 5.41 Å². The summed E-state index contributed by atoms with van der Waals surface area (Å²) in [5.41, 5.74) is 3.67. The van der Waals surface area contributed by atoms with Gasteiger partial charge in [-0.2, -0.15) is 0 Å². The first-order valence-electron chi connectivity index (χ1n) is 9.14. The van der Waals surface area contributed by atoms with E-state index in [1.54, 1.807) is 10.9 Å². The lowest BCUT2D eigenvalue weighted by Crippen LogP contribution is -2.62. The van der Waals surface area contributed by atoms with Gasteiger partial charge in [0.2, 0.25) is 5.91 Å². The maximum absolute atomic E-state index is 12.5. The summed E-state index contributed by atoms with van der Waals surface area (Å²) in [5, 5.41) is 1.81. The third-order valence-corrected chi connectivity index (χ3v) is 6.22. The van der Waals surface area contributed by atoms with E-state index < -0.39 is 0 Å². The Morgan fingerprint density at radius 1 is 1.08 bits per heavy atom. The molecule has 0 saturated carbocycles. The fraction of sp³-hybridized carbons (Fsp3) is 0.450. The van der Waals surface area contributed by atoms with E-state index in [-0.39, 0.29) is 17.2 Å². The number of amides is 2. The summed E-state index contributed by atoms with van der Waals surface area (Å²) in [6.45, 7) is 3.23. The number of aryl methyl sites for hydroxylation is 1. The van der Waals surface area contributed by atoms with Crippen LogP contribution in [-0.2, 0) is 11.2 Å². The van der Waals surface area contributed by atoms with Gasteiger partial charge in [0.05, 0.1) is 5.51 Å². The minimum Gasteiger partial charge on any atom is -0.343 e. The summed E-state index contributed by atoms with van der Waals surface area (Å²) >= 11 is 1.45. The standard InChI is InChI=1S/C20H23N3O2S/c24-18(7-6-16-4-2-1-3-5-16)22-10-8-20(9-11-22)13-23(14-20)19(25)17-12-26-15-21-17/h1-5,12,15H,6-11,13-14H2. The summed E-state index contributed by atoms with van der Waals surface area (Å²) in [7, 11) is 0. The van der Waals surface area contributed by atoms with Crippen LogP contribution in [0.3, 0.4) is 0 Å². The predicted octanol–water partition coefficient (Wildman–Crippen LogP) is 2.84. The van der Waals surface area contributed by atoms with Gasteiger partial charge in [0.15, 0.2) is 0 Å². The van der Waals surface area contributed by atoms with Gasteiger partial charge in [-0.15, -0.1) is 11.3 Å². The Kier molecular flexibility index (Phi) is 4.76. The molecule has 5 nitrogen and oxygen atoms in total. The first-order chi connectivity index (χ1) is 12.7. The number of thiazole rings is 1. The van der Waals surface area contributed by atoms with Gasteiger partial charge in [-0.1, -0.05) is 30.3 Å². The summed E-state index contributed by atoms with van der Waals surface area (Å²) in [6.07, 6.45) is 3.36. The quantitative estimate of drug-likeness (QED) is 0.833. The Labute approximate surface area is 157 Å².